The SMILES string of the molecule is FC(F)(F)c1ccc(Cn2nc(NCc3cccnn3)c3c(Cl)cncc32)cc1. The predicted molar refractivity (Wildman–Crippen MR) is 102 cm³/mol. The third-order valence-electron chi connectivity index (χ3n) is 4.29. The fraction of sp³-hybridized carbons (Fsp3) is 0.158. The summed E-state index contributed by atoms with van der Waals surface area (Å²) in [6.07, 6.45) is 0.347. The maximum Gasteiger partial charge on any atom is 0.416 e. The van der Waals surface area contributed by atoms with Gasteiger partial charge in [0.05, 0.1) is 46.5 Å². The topological polar surface area (TPSA) is 68.5 Å². The average Bonchev–Trinajstić information content (AvgIpc) is 3.06. The van der Waals surface area contributed by atoms with Gasteiger partial charge < -0.3 is 5.32 Å². The molecule has 0 atom stereocenters. The van der Waals surface area contributed by atoms with E-state index in [1.54, 1.807) is 23.1 Å². The van der Waals surface area contributed by atoms with Crippen molar-refractivity contribution in [3.8, 4) is 0 Å². The first-order valence-corrected chi connectivity index (χ1v) is 8.96. The Morgan fingerprint density at radius 3 is 2.55 bits per heavy atom. The molecule has 1 N–H and O–H groups in total. The predicted octanol–water partition coefficient (Wildman–Crippen LogP) is 4.55. The number of hydrogen-bond acceptors (Lipinski definition) is 5. The van der Waals surface area contributed by atoms with Gasteiger partial charge in [0.2, 0.25) is 0 Å². The Balaban J connectivity index is 1.63. The highest BCUT2D eigenvalue weighted by atomic mass is 35.5. The van der Waals surface area contributed by atoms with E-state index in [1.165, 1.54) is 18.3 Å². The summed E-state index contributed by atoms with van der Waals surface area (Å²) < 4.78 is 40.0. The maximum atomic E-state index is 12.8. The second kappa shape index (κ2) is 7.67. The average molecular weight is 419 g/mol. The molecule has 0 amide bonds. The molecule has 4 rings (SSSR count). The highest BCUT2D eigenvalue weighted by molar-refractivity contribution is 6.36. The smallest absolute Gasteiger partial charge is 0.362 e. The standard InChI is InChI=1S/C19H14ClF3N6/c20-15-9-24-10-16-17(15)18(25-8-14-2-1-7-26-27-14)28-29(16)11-12-3-5-13(6-4-12)19(21,22)23/h1-7,9-10H,8,11H2,(H,25,28). The summed E-state index contributed by atoms with van der Waals surface area (Å²) in [5.74, 6) is 0.532. The Bertz CT molecular complexity index is 1130. The minimum Gasteiger partial charge on any atom is -0.362 e. The second-order valence-corrected chi connectivity index (χ2v) is 6.69. The summed E-state index contributed by atoms with van der Waals surface area (Å²) in [4.78, 5) is 4.10. The van der Waals surface area contributed by atoms with Gasteiger partial charge in [0.15, 0.2) is 5.82 Å². The molecule has 0 unspecified atom stereocenters. The molecule has 0 saturated carbocycles. The van der Waals surface area contributed by atoms with Crippen LogP contribution in [-0.2, 0) is 19.3 Å². The minimum absolute atomic E-state index is 0.267. The molecule has 0 radical (unpaired) electrons. The van der Waals surface area contributed by atoms with Crippen molar-refractivity contribution in [2.75, 3.05) is 5.32 Å². The number of fused-ring (bicyclic) bond motifs is 1. The van der Waals surface area contributed by atoms with Gasteiger partial charge in [0.25, 0.3) is 0 Å². The number of rotatable bonds is 5. The van der Waals surface area contributed by atoms with Gasteiger partial charge in [-0.2, -0.15) is 28.5 Å². The largest absolute Gasteiger partial charge is 0.416 e. The van der Waals surface area contributed by atoms with E-state index in [1.807, 2.05) is 6.07 Å². The lowest BCUT2D eigenvalue weighted by atomic mass is 10.1. The first-order chi connectivity index (χ1) is 13.9. The summed E-state index contributed by atoms with van der Waals surface area (Å²) in [7, 11) is 0. The molecule has 0 spiro atoms. The van der Waals surface area contributed by atoms with E-state index < -0.39 is 11.7 Å². The van der Waals surface area contributed by atoms with Gasteiger partial charge in [0.1, 0.15) is 0 Å². The molecule has 0 aliphatic carbocycles. The molecule has 148 valence electrons. The quantitative estimate of drug-likeness (QED) is 0.515. The van der Waals surface area contributed by atoms with E-state index in [0.717, 1.165) is 17.8 Å². The fourth-order valence-corrected chi connectivity index (χ4v) is 3.14. The number of halogens is 4. The van der Waals surface area contributed by atoms with Gasteiger partial charge in [-0.25, -0.2) is 0 Å². The summed E-state index contributed by atoms with van der Waals surface area (Å²) in [6.45, 7) is 0.655. The Morgan fingerprint density at radius 1 is 1.07 bits per heavy atom. The number of pyridine rings is 1. The molecule has 10 heteroatoms. The van der Waals surface area contributed by atoms with Crippen LogP contribution in [0.25, 0.3) is 10.9 Å². The lowest BCUT2D eigenvalue weighted by Crippen LogP contribution is -2.07. The monoisotopic (exact) mass is 418 g/mol. The zero-order valence-electron chi connectivity index (χ0n) is 14.9. The highest BCUT2D eigenvalue weighted by Gasteiger charge is 2.30. The Labute approximate surface area is 168 Å². The number of aromatic nitrogens is 5. The van der Waals surface area contributed by atoms with Crippen molar-refractivity contribution in [2.45, 2.75) is 19.3 Å². The molecule has 0 aliphatic heterocycles. The number of nitrogens with zero attached hydrogens (tertiary/aromatic N) is 5. The van der Waals surface area contributed by atoms with E-state index in [4.69, 9.17) is 11.6 Å². The highest BCUT2D eigenvalue weighted by Crippen LogP contribution is 2.31. The second-order valence-electron chi connectivity index (χ2n) is 6.28. The van der Waals surface area contributed by atoms with Crippen LogP contribution >= 0.6 is 11.6 Å². The van der Waals surface area contributed by atoms with E-state index in [2.05, 4.69) is 25.6 Å². The van der Waals surface area contributed by atoms with Crippen molar-refractivity contribution in [2.24, 2.45) is 0 Å². The summed E-state index contributed by atoms with van der Waals surface area (Å²) in [5.41, 5.74) is 1.37. The molecular weight excluding hydrogens is 405 g/mol. The van der Waals surface area contributed by atoms with Gasteiger partial charge in [-0.15, -0.1) is 0 Å². The number of hydrogen-bond donors (Lipinski definition) is 1. The van der Waals surface area contributed by atoms with Crippen LogP contribution in [0.15, 0.2) is 55.0 Å². The zero-order chi connectivity index (χ0) is 20.4. The van der Waals surface area contributed by atoms with E-state index >= 15 is 0 Å². The maximum absolute atomic E-state index is 12.8. The van der Waals surface area contributed by atoms with Crippen molar-refractivity contribution in [1.29, 1.82) is 0 Å². The van der Waals surface area contributed by atoms with Crippen LogP contribution in [-0.4, -0.2) is 25.0 Å². The van der Waals surface area contributed by atoms with E-state index in [-0.39, 0.29) is 6.54 Å². The van der Waals surface area contributed by atoms with Crippen molar-refractivity contribution in [3.05, 3.63) is 76.8 Å². The molecule has 29 heavy (non-hydrogen) atoms. The van der Waals surface area contributed by atoms with E-state index in [9.17, 15) is 13.2 Å². The van der Waals surface area contributed by atoms with Crippen molar-refractivity contribution >= 4 is 28.3 Å². The summed E-state index contributed by atoms with van der Waals surface area (Å²) in [5, 5.41) is 16.7. The van der Waals surface area contributed by atoms with Crippen molar-refractivity contribution in [1.82, 2.24) is 25.0 Å². The molecular formula is C19H14ClF3N6. The molecule has 6 nitrogen and oxygen atoms in total. The van der Waals surface area contributed by atoms with Gasteiger partial charge >= 0.3 is 6.18 Å². The molecule has 3 aromatic heterocycles. The number of nitrogens with one attached hydrogen (secondary N) is 1. The lowest BCUT2D eigenvalue weighted by Gasteiger charge is -2.08. The molecule has 1 aromatic carbocycles. The molecule has 0 saturated heterocycles. The van der Waals surface area contributed by atoms with Crippen LogP contribution in [0.2, 0.25) is 5.02 Å². The molecule has 0 fully saturated rings. The van der Waals surface area contributed by atoms with Gasteiger partial charge in [-0.1, -0.05) is 23.7 Å². The van der Waals surface area contributed by atoms with Gasteiger partial charge in [-0.05, 0) is 29.8 Å². The van der Waals surface area contributed by atoms with Crippen LogP contribution < -0.4 is 5.32 Å². The zero-order valence-corrected chi connectivity index (χ0v) is 15.6. The molecule has 0 aliphatic rings. The molecule has 3 heterocycles. The van der Waals surface area contributed by atoms with Crippen LogP contribution in [0.1, 0.15) is 16.8 Å². The van der Waals surface area contributed by atoms with Crippen molar-refractivity contribution < 1.29 is 13.2 Å². The Morgan fingerprint density at radius 2 is 1.86 bits per heavy atom. The van der Waals surface area contributed by atoms with Crippen LogP contribution in [0.3, 0.4) is 0 Å². The van der Waals surface area contributed by atoms with Gasteiger partial charge in [-0.3, -0.25) is 9.67 Å². The first-order valence-electron chi connectivity index (χ1n) is 8.58. The fourth-order valence-electron chi connectivity index (χ4n) is 2.90. The van der Waals surface area contributed by atoms with Gasteiger partial charge in [0, 0.05) is 12.4 Å². The Hall–Kier alpha value is -3.20. The van der Waals surface area contributed by atoms with Crippen molar-refractivity contribution in [3.63, 3.8) is 0 Å². The minimum atomic E-state index is -4.37. The first kappa shape index (κ1) is 19.1. The summed E-state index contributed by atoms with van der Waals surface area (Å²) >= 11 is 6.32. The normalized spacial score (nSPS) is 11.7. The van der Waals surface area contributed by atoms with Crippen LogP contribution in [0, 0.1) is 0 Å². The number of benzene rings is 1. The van der Waals surface area contributed by atoms with Crippen LogP contribution in [0.5, 0.6) is 0 Å². The number of alkyl halides is 3. The summed E-state index contributed by atoms with van der Waals surface area (Å²) in [6, 6.07) is 8.58. The molecule has 4 aromatic rings. The Kier molecular flexibility index (Phi) is 5.06. The molecule has 0 bridgehead atoms. The lowest BCUT2D eigenvalue weighted by molar-refractivity contribution is -0.137. The third kappa shape index (κ3) is 4.14. The third-order valence-corrected chi connectivity index (χ3v) is 4.58. The van der Waals surface area contributed by atoms with E-state index in [0.29, 0.717) is 33.9 Å². The number of anilines is 1. The van der Waals surface area contributed by atoms with Crippen LogP contribution in [0.4, 0.5) is 19.0 Å².